The van der Waals surface area contributed by atoms with Gasteiger partial charge in [-0.05, 0) is 12.1 Å². The molecular formula is C18H17ClN3OS2+. The molecule has 1 aliphatic heterocycles. The van der Waals surface area contributed by atoms with Crippen molar-refractivity contribution in [2.75, 3.05) is 5.75 Å². The maximum Gasteiger partial charge on any atom is 0.347 e. The van der Waals surface area contributed by atoms with Gasteiger partial charge in [0, 0.05) is 28.8 Å². The van der Waals surface area contributed by atoms with Crippen molar-refractivity contribution >= 4 is 40.8 Å². The second-order valence-electron chi connectivity index (χ2n) is 6.05. The van der Waals surface area contributed by atoms with Gasteiger partial charge in [-0.15, -0.1) is 23.5 Å². The average molecular weight is 391 g/mol. The average Bonchev–Trinajstić information content (AvgIpc) is 3.05. The fraction of sp³-hybridized carbons (Fsp3) is 0.278. The molecule has 1 saturated heterocycles. The summed E-state index contributed by atoms with van der Waals surface area (Å²) in [6.07, 6.45) is 5.63. The van der Waals surface area contributed by atoms with Gasteiger partial charge in [-0.2, -0.15) is 4.40 Å². The van der Waals surface area contributed by atoms with Crippen molar-refractivity contribution in [3.8, 4) is 0 Å². The first kappa shape index (κ1) is 16.9. The Morgan fingerprint density at radius 2 is 2.24 bits per heavy atom. The van der Waals surface area contributed by atoms with Gasteiger partial charge in [-0.1, -0.05) is 30.7 Å². The Balaban J connectivity index is 1.83. The zero-order chi connectivity index (χ0) is 17.4. The molecule has 2 unspecified atom stereocenters. The third kappa shape index (κ3) is 3.43. The fourth-order valence-electron chi connectivity index (χ4n) is 2.93. The maximum absolute atomic E-state index is 13.0. The first-order chi connectivity index (χ1) is 12.1. The van der Waals surface area contributed by atoms with Gasteiger partial charge in [0.1, 0.15) is 23.5 Å². The van der Waals surface area contributed by atoms with E-state index in [0.717, 1.165) is 22.5 Å². The first-order valence-electron chi connectivity index (χ1n) is 8.03. The lowest BCUT2D eigenvalue weighted by Crippen LogP contribution is -2.41. The molecule has 2 atom stereocenters. The van der Waals surface area contributed by atoms with Crippen LogP contribution in [-0.2, 0) is 6.54 Å². The summed E-state index contributed by atoms with van der Waals surface area (Å²) >= 11 is 9.60. The van der Waals surface area contributed by atoms with E-state index in [2.05, 4.69) is 16.5 Å². The third-order valence-electron chi connectivity index (χ3n) is 4.13. The molecule has 7 heteroatoms. The van der Waals surface area contributed by atoms with E-state index in [-0.39, 0.29) is 10.1 Å². The van der Waals surface area contributed by atoms with Crippen LogP contribution in [0.2, 0.25) is 5.15 Å². The summed E-state index contributed by atoms with van der Waals surface area (Å²) in [5.74, 6) is 1.08. The van der Waals surface area contributed by atoms with Crippen molar-refractivity contribution in [2.24, 2.45) is 0 Å². The lowest BCUT2D eigenvalue weighted by molar-refractivity contribution is -0.666. The van der Waals surface area contributed by atoms with E-state index in [0.29, 0.717) is 16.9 Å². The Morgan fingerprint density at radius 1 is 1.36 bits per heavy atom. The maximum atomic E-state index is 13.0. The number of nitrogens with zero attached hydrogens (tertiary/aromatic N) is 3. The van der Waals surface area contributed by atoms with Gasteiger partial charge < -0.3 is 0 Å². The van der Waals surface area contributed by atoms with E-state index in [9.17, 15) is 4.79 Å². The molecule has 0 spiro atoms. The Hall–Kier alpha value is -1.50. The smallest absolute Gasteiger partial charge is 0.244 e. The Bertz CT molecular complexity index is 974. The predicted octanol–water partition coefficient (Wildman–Crippen LogP) is 3.55. The zero-order valence-electron chi connectivity index (χ0n) is 13.6. The molecule has 128 valence electrons. The molecule has 0 bridgehead atoms. The summed E-state index contributed by atoms with van der Waals surface area (Å²) < 4.78 is 4.04. The van der Waals surface area contributed by atoms with Crippen molar-refractivity contribution in [2.45, 2.75) is 23.3 Å². The highest BCUT2D eigenvalue weighted by Crippen LogP contribution is 2.47. The minimum Gasteiger partial charge on any atom is -0.244 e. The summed E-state index contributed by atoms with van der Waals surface area (Å²) in [5.41, 5.74) is 2.84. The van der Waals surface area contributed by atoms with Crippen molar-refractivity contribution < 1.29 is 4.57 Å². The molecule has 0 amide bonds. The van der Waals surface area contributed by atoms with E-state index in [1.807, 2.05) is 60.2 Å². The van der Waals surface area contributed by atoms with Crippen LogP contribution >= 0.6 is 35.1 Å². The topological polar surface area (TPSA) is 38.2 Å². The number of halogens is 1. The number of hydrogen-bond donors (Lipinski definition) is 0. The minimum atomic E-state index is 0.0696. The molecule has 4 nitrogen and oxygen atoms in total. The second kappa shape index (κ2) is 7.02. The highest BCUT2D eigenvalue weighted by Gasteiger charge is 2.30. The van der Waals surface area contributed by atoms with Crippen LogP contribution in [0.1, 0.15) is 22.6 Å². The van der Waals surface area contributed by atoms with Crippen LogP contribution in [0, 0.1) is 0 Å². The van der Waals surface area contributed by atoms with E-state index in [4.69, 9.17) is 11.6 Å². The molecule has 3 aromatic heterocycles. The van der Waals surface area contributed by atoms with Crippen molar-refractivity contribution in [3.63, 3.8) is 0 Å². The van der Waals surface area contributed by atoms with Gasteiger partial charge in [0.2, 0.25) is 0 Å². The molecule has 0 aromatic carbocycles. The second-order valence-corrected chi connectivity index (χ2v) is 9.42. The SMILES string of the molecule is CC1CSC(c2c[n+](Cc3ccc(Cl)nc3)c3ccccn3c2=O)S1. The lowest BCUT2D eigenvalue weighted by atomic mass is 10.2. The van der Waals surface area contributed by atoms with Crippen LogP contribution < -0.4 is 10.1 Å². The lowest BCUT2D eigenvalue weighted by Gasteiger charge is -2.10. The Kier molecular flexibility index (Phi) is 4.75. The van der Waals surface area contributed by atoms with Gasteiger partial charge in [0.05, 0.1) is 10.8 Å². The molecule has 0 aliphatic carbocycles. The largest absolute Gasteiger partial charge is 0.347 e. The molecular weight excluding hydrogens is 374 g/mol. The molecule has 25 heavy (non-hydrogen) atoms. The van der Waals surface area contributed by atoms with E-state index < -0.39 is 0 Å². The standard InChI is InChI=1S/C18H17ClN3OS2/c1-12-11-24-18(25-12)14-10-21(9-13-5-6-15(19)20-8-13)16-4-2-3-7-22(16)17(14)23/h2-8,10,12,18H,9,11H2,1H3/q+1. The molecule has 0 N–H and O–H groups in total. The molecule has 3 aromatic rings. The zero-order valence-corrected chi connectivity index (χ0v) is 16.0. The van der Waals surface area contributed by atoms with Crippen molar-refractivity contribution in [1.82, 2.24) is 9.38 Å². The Morgan fingerprint density at radius 3 is 2.96 bits per heavy atom. The van der Waals surface area contributed by atoms with Gasteiger partial charge in [-0.3, -0.25) is 0 Å². The highest BCUT2D eigenvalue weighted by atomic mass is 35.5. The van der Waals surface area contributed by atoms with E-state index >= 15 is 0 Å². The number of fused-ring (bicyclic) bond motifs is 1. The van der Waals surface area contributed by atoms with E-state index in [1.54, 1.807) is 16.7 Å². The first-order valence-corrected chi connectivity index (χ1v) is 10.4. The summed E-state index contributed by atoms with van der Waals surface area (Å²) in [5, 5.41) is 1.05. The molecule has 1 fully saturated rings. The van der Waals surface area contributed by atoms with Gasteiger partial charge in [0.15, 0.2) is 0 Å². The third-order valence-corrected chi connectivity index (χ3v) is 7.68. The predicted molar refractivity (Wildman–Crippen MR) is 104 cm³/mol. The number of thioether (sulfide) groups is 2. The van der Waals surface area contributed by atoms with E-state index in [1.165, 1.54) is 0 Å². The Labute approximate surface area is 159 Å². The van der Waals surface area contributed by atoms with Crippen molar-refractivity contribution in [1.29, 1.82) is 0 Å². The molecule has 1 aliphatic rings. The van der Waals surface area contributed by atoms with Crippen LogP contribution in [-0.4, -0.2) is 20.4 Å². The summed E-state index contributed by atoms with van der Waals surface area (Å²) in [4.78, 5) is 17.1. The highest BCUT2D eigenvalue weighted by molar-refractivity contribution is 8.19. The van der Waals surface area contributed by atoms with Crippen LogP contribution in [0.4, 0.5) is 0 Å². The minimum absolute atomic E-state index is 0.0696. The van der Waals surface area contributed by atoms with Crippen LogP contribution in [0.15, 0.2) is 53.7 Å². The number of aromatic nitrogens is 3. The van der Waals surface area contributed by atoms with Crippen LogP contribution in [0.5, 0.6) is 0 Å². The van der Waals surface area contributed by atoms with Crippen molar-refractivity contribution in [3.05, 3.63) is 75.6 Å². The summed E-state index contributed by atoms with van der Waals surface area (Å²) in [6, 6.07) is 9.57. The molecule has 0 radical (unpaired) electrons. The summed E-state index contributed by atoms with van der Waals surface area (Å²) in [7, 11) is 0. The monoisotopic (exact) mass is 390 g/mol. The van der Waals surface area contributed by atoms with Gasteiger partial charge >= 0.3 is 5.56 Å². The number of rotatable bonds is 3. The van der Waals surface area contributed by atoms with Gasteiger partial charge in [0.25, 0.3) is 5.65 Å². The molecule has 4 heterocycles. The van der Waals surface area contributed by atoms with Gasteiger partial charge in [-0.25, -0.2) is 14.3 Å². The number of hydrogen-bond acceptors (Lipinski definition) is 4. The quantitative estimate of drug-likeness (QED) is 0.506. The molecule has 0 saturated carbocycles. The summed E-state index contributed by atoms with van der Waals surface area (Å²) in [6.45, 7) is 2.85. The van der Waals surface area contributed by atoms with Crippen LogP contribution in [0.25, 0.3) is 5.65 Å². The normalized spacial score (nSPS) is 20.2. The number of pyridine rings is 2. The molecule has 4 rings (SSSR count). The van der Waals surface area contributed by atoms with Crippen LogP contribution in [0.3, 0.4) is 0 Å². The fourth-order valence-corrected chi connectivity index (χ4v) is 6.23.